The van der Waals surface area contributed by atoms with Gasteiger partial charge in [-0.25, -0.2) is 4.79 Å². The number of rotatable bonds is 0. The van der Waals surface area contributed by atoms with Crippen molar-refractivity contribution in [1.82, 2.24) is 10.2 Å². The third-order valence-electron chi connectivity index (χ3n) is 3.97. The van der Waals surface area contributed by atoms with E-state index < -0.39 is 5.60 Å². The number of carbonyl (C=O) groups excluding carboxylic acids is 2. The number of ether oxygens (including phenoxy) is 1. The Morgan fingerprint density at radius 1 is 1.26 bits per heavy atom. The Morgan fingerprint density at radius 2 is 2.00 bits per heavy atom. The topological polar surface area (TPSA) is 58.6 Å². The predicted molar refractivity (Wildman–Crippen MR) is 71.7 cm³/mol. The predicted octanol–water partition coefficient (Wildman–Crippen LogP) is 1.91. The minimum absolute atomic E-state index is 0.165. The normalized spacial score (nSPS) is 28.2. The Morgan fingerprint density at radius 3 is 2.58 bits per heavy atom. The largest absolute Gasteiger partial charge is 0.444 e. The molecule has 0 radical (unpaired) electrons. The highest BCUT2D eigenvalue weighted by Gasteiger charge is 2.43. The van der Waals surface area contributed by atoms with Crippen LogP contribution in [-0.4, -0.2) is 42.1 Å². The van der Waals surface area contributed by atoms with Crippen LogP contribution in [0.25, 0.3) is 0 Å². The van der Waals surface area contributed by atoms with Crippen molar-refractivity contribution in [2.75, 3.05) is 19.6 Å². The molecule has 0 aliphatic carbocycles. The second kappa shape index (κ2) is 5.02. The van der Waals surface area contributed by atoms with Crippen molar-refractivity contribution in [2.45, 2.75) is 52.1 Å². The van der Waals surface area contributed by atoms with Crippen molar-refractivity contribution < 1.29 is 14.3 Å². The zero-order chi connectivity index (χ0) is 14.1. The fourth-order valence-electron chi connectivity index (χ4n) is 2.90. The van der Waals surface area contributed by atoms with Crippen LogP contribution in [0.5, 0.6) is 0 Å². The van der Waals surface area contributed by atoms with Crippen LogP contribution in [0, 0.1) is 5.41 Å². The Labute approximate surface area is 114 Å². The van der Waals surface area contributed by atoms with Crippen LogP contribution in [0.1, 0.15) is 46.5 Å². The van der Waals surface area contributed by atoms with Gasteiger partial charge in [0, 0.05) is 19.6 Å². The van der Waals surface area contributed by atoms with Crippen LogP contribution in [0.2, 0.25) is 0 Å². The first-order chi connectivity index (χ1) is 8.82. The highest BCUT2D eigenvalue weighted by atomic mass is 16.6. The van der Waals surface area contributed by atoms with E-state index in [1.807, 2.05) is 20.8 Å². The lowest BCUT2D eigenvalue weighted by atomic mass is 9.79. The second-order valence-corrected chi connectivity index (χ2v) is 6.61. The van der Waals surface area contributed by atoms with Crippen LogP contribution >= 0.6 is 0 Å². The maximum Gasteiger partial charge on any atom is 0.410 e. The summed E-state index contributed by atoms with van der Waals surface area (Å²) < 4.78 is 5.40. The van der Waals surface area contributed by atoms with E-state index in [4.69, 9.17) is 4.74 Å². The molecular formula is C14H24N2O3. The van der Waals surface area contributed by atoms with Crippen LogP contribution < -0.4 is 5.32 Å². The third-order valence-corrected chi connectivity index (χ3v) is 3.97. The summed E-state index contributed by atoms with van der Waals surface area (Å²) >= 11 is 0. The van der Waals surface area contributed by atoms with E-state index in [1.165, 1.54) is 0 Å². The summed E-state index contributed by atoms with van der Waals surface area (Å²) in [5.74, 6) is 0.165. The van der Waals surface area contributed by atoms with Gasteiger partial charge in [-0.05, 0) is 46.5 Å². The number of hydrogen-bond donors (Lipinski definition) is 1. The van der Waals surface area contributed by atoms with E-state index in [0.717, 1.165) is 32.2 Å². The van der Waals surface area contributed by atoms with E-state index in [9.17, 15) is 9.59 Å². The van der Waals surface area contributed by atoms with E-state index in [2.05, 4.69) is 5.32 Å². The molecule has 2 saturated heterocycles. The standard InChI is InChI=1S/C14H24N2O3/c1-13(2,3)19-12(18)16-9-4-5-14(7-10-16)6-8-15-11(14)17/h4-10H2,1-3H3,(H,15,17)/t14-/m0/s1. The highest BCUT2D eigenvalue weighted by molar-refractivity contribution is 5.84. The summed E-state index contributed by atoms with van der Waals surface area (Å²) in [7, 11) is 0. The van der Waals surface area contributed by atoms with Gasteiger partial charge >= 0.3 is 6.09 Å². The molecule has 0 aromatic rings. The van der Waals surface area contributed by atoms with E-state index in [-0.39, 0.29) is 17.4 Å². The maximum atomic E-state index is 12.1. The van der Waals surface area contributed by atoms with Crippen LogP contribution in [-0.2, 0) is 9.53 Å². The third kappa shape index (κ3) is 3.19. The Hall–Kier alpha value is -1.26. The van der Waals surface area contributed by atoms with Gasteiger partial charge in [-0.3, -0.25) is 4.79 Å². The van der Waals surface area contributed by atoms with Gasteiger partial charge in [-0.1, -0.05) is 0 Å². The average Bonchev–Trinajstić information content (AvgIpc) is 2.52. The smallest absolute Gasteiger partial charge is 0.410 e. The van der Waals surface area contributed by atoms with Crippen molar-refractivity contribution in [3.63, 3.8) is 0 Å². The molecule has 0 aromatic carbocycles. The average molecular weight is 268 g/mol. The molecule has 2 fully saturated rings. The second-order valence-electron chi connectivity index (χ2n) is 6.61. The summed E-state index contributed by atoms with van der Waals surface area (Å²) in [6.45, 7) is 7.68. The van der Waals surface area contributed by atoms with Crippen LogP contribution in [0.15, 0.2) is 0 Å². The quantitative estimate of drug-likeness (QED) is 0.730. The van der Waals surface area contributed by atoms with Gasteiger partial charge < -0.3 is 15.0 Å². The summed E-state index contributed by atoms with van der Waals surface area (Å²) in [5.41, 5.74) is -0.706. The van der Waals surface area contributed by atoms with Gasteiger partial charge in [-0.15, -0.1) is 0 Å². The number of likely N-dealkylation sites (tertiary alicyclic amines) is 1. The number of nitrogens with zero attached hydrogens (tertiary/aromatic N) is 1. The molecule has 2 rings (SSSR count). The van der Waals surface area contributed by atoms with E-state index >= 15 is 0 Å². The number of nitrogens with one attached hydrogen (secondary N) is 1. The number of carbonyl (C=O) groups is 2. The summed E-state index contributed by atoms with van der Waals surface area (Å²) in [6, 6.07) is 0. The molecule has 1 atom stereocenters. The number of hydrogen-bond acceptors (Lipinski definition) is 3. The summed E-state index contributed by atoms with van der Waals surface area (Å²) in [4.78, 5) is 25.8. The molecular weight excluding hydrogens is 244 g/mol. The first-order valence-electron chi connectivity index (χ1n) is 7.09. The van der Waals surface area contributed by atoms with Crippen molar-refractivity contribution in [1.29, 1.82) is 0 Å². The number of amides is 2. The summed E-state index contributed by atoms with van der Waals surface area (Å²) in [5, 5.41) is 2.92. The van der Waals surface area contributed by atoms with Crippen LogP contribution in [0.4, 0.5) is 4.79 Å². The fourth-order valence-corrected chi connectivity index (χ4v) is 2.90. The Balaban J connectivity index is 1.97. The Kier molecular flexibility index (Phi) is 3.74. The molecule has 2 amide bonds. The van der Waals surface area contributed by atoms with Crippen molar-refractivity contribution in [3.8, 4) is 0 Å². The molecule has 1 N–H and O–H groups in total. The maximum absolute atomic E-state index is 12.1. The molecule has 5 nitrogen and oxygen atoms in total. The van der Waals surface area contributed by atoms with E-state index in [0.29, 0.717) is 13.1 Å². The minimum atomic E-state index is -0.466. The van der Waals surface area contributed by atoms with E-state index in [1.54, 1.807) is 4.90 Å². The molecule has 2 aliphatic rings. The molecule has 0 unspecified atom stereocenters. The molecule has 108 valence electrons. The van der Waals surface area contributed by atoms with Crippen molar-refractivity contribution in [2.24, 2.45) is 5.41 Å². The zero-order valence-corrected chi connectivity index (χ0v) is 12.1. The molecule has 1 spiro atoms. The summed E-state index contributed by atoms with van der Waals surface area (Å²) in [6.07, 6.45) is 3.12. The van der Waals surface area contributed by atoms with Crippen molar-refractivity contribution >= 4 is 12.0 Å². The lowest BCUT2D eigenvalue weighted by Gasteiger charge is -2.27. The molecule has 5 heteroatoms. The van der Waals surface area contributed by atoms with Crippen molar-refractivity contribution in [3.05, 3.63) is 0 Å². The lowest BCUT2D eigenvalue weighted by molar-refractivity contribution is -0.128. The monoisotopic (exact) mass is 268 g/mol. The lowest BCUT2D eigenvalue weighted by Crippen LogP contribution is -2.38. The SMILES string of the molecule is CC(C)(C)OC(=O)N1CCC[C@]2(CCNC2=O)CC1. The van der Waals surface area contributed by atoms with Gasteiger partial charge in [0.05, 0.1) is 5.41 Å². The van der Waals surface area contributed by atoms with Gasteiger partial charge in [-0.2, -0.15) is 0 Å². The zero-order valence-electron chi connectivity index (χ0n) is 12.1. The highest BCUT2D eigenvalue weighted by Crippen LogP contribution is 2.38. The van der Waals surface area contributed by atoms with Gasteiger partial charge in [0.25, 0.3) is 0 Å². The first-order valence-corrected chi connectivity index (χ1v) is 7.09. The fraction of sp³-hybridized carbons (Fsp3) is 0.857. The minimum Gasteiger partial charge on any atom is -0.444 e. The first kappa shape index (κ1) is 14.2. The van der Waals surface area contributed by atoms with Crippen LogP contribution in [0.3, 0.4) is 0 Å². The Bertz CT molecular complexity index is 375. The molecule has 0 bridgehead atoms. The molecule has 19 heavy (non-hydrogen) atoms. The molecule has 0 saturated carbocycles. The molecule has 0 aromatic heterocycles. The van der Waals surface area contributed by atoms with Gasteiger partial charge in [0.1, 0.15) is 5.60 Å². The van der Waals surface area contributed by atoms with Gasteiger partial charge in [0.2, 0.25) is 5.91 Å². The van der Waals surface area contributed by atoms with Gasteiger partial charge in [0.15, 0.2) is 0 Å². The molecule has 2 heterocycles. The molecule has 2 aliphatic heterocycles.